The molecule has 0 radical (unpaired) electrons. The average Bonchev–Trinajstić information content (AvgIpc) is 3.35. The van der Waals surface area contributed by atoms with Crippen LogP contribution in [0.25, 0.3) is 22.3 Å². The van der Waals surface area contributed by atoms with Crippen LogP contribution in [0.15, 0.2) is 72.8 Å². The van der Waals surface area contributed by atoms with Crippen molar-refractivity contribution in [1.29, 1.82) is 0 Å². The van der Waals surface area contributed by atoms with Crippen molar-refractivity contribution in [2.45, 2.75) is 39.5 Å². The number of methoxy groups -OCH3 is 1. The number of pyridine rings is 1. The van der Waals surface area contributed by atoms with Gasteiger partial charge in [0.15, 0.2) is 0 Å². The van der Waals surface area contributed by atoms with Gasteiger partial charge in [-0.2, -0.15) is 0 Å². The van der Waals surface area contributed by atoms with Crippen molar-refractivity contribution >= 4 is 22.9 Å². The SMILES string of the molecule is CO[C@H](CNC(C)=O)Cn1c(Cc2ccc(-c3cccc(OCc4ccc(C)cc4F)n3)cc2F)nc2ccc(C(=O)O)cc21. The maximum atomic E-state index is 15.6. The fourth-order valence-electron chi connectivity index (χ4n) is 4.93. The second-order valence-electron chi connectivity index (χ2n) is 10.7. The molecule has 5 aromatic rings. The van der Waals surface area contributed by atoms with Gasteiger partial charge in [-0.25, -0.2) is 23.5 Å². The quantitative estimate of drug-likeness (QED) is 0.185. The maximum absolute atomic E-state index is 15.6. The summed E-state index contributed by atoms with van der Waals surface area (Å²) in [6.45, 7) is 3.68. The summed E-state index contributed by atoms with van der Waals surface area (Å²) in [6.07, 6.45) is -0.341. The molecule has 232 valence electrons. The van der Waals surface area contributed by atoms with Gasteiger partial charge in [-0.15, -0.1) is 0 Å². The molecule has 1 atom stereocenters. The first kappa shape index (κ1) is 31.3. The van der Waals surface area contributed by atoms with E-state index in [1.807, 2.05) is 6.92 Å². The first-order valence-corrected chi connectivity index (χ1v) is 14.2. The minimum Gasteiger partial charge on any atom is -0.478 e. The van der Waals surface area contributed by atoms with Crippen LogP contribution < -0.4 is 10.1 Å². The summed E-state index contributed by atoms with van der Waals surface area (Å²) in [6, 6.07) is 19.4. The van der Waals surface area contributed by atoms with Gasteiger partial charge in [-0.1, -0.05) is 30.3 Å². The predicted octanol–water partition coefficient (Wildman–Crippen LogP) is 5.70. The lowest BCUT2D eigenvalue weighted by Crippen LogP contribution is -2.34. The zero-order valence-corrected chi connectivity index (χ0v) is 25.0. The van der Waals surface area contributed by atoms with Gasteiger partial charge < -0.3 is 24.5 Å². The van der Waals surface area contributed by atoms with Gasteiger partial charge in [-0.3, -0.25) is 4.79 Å². The molecule has 2 aromatic heterocycles. The Morgan fingerprint density at radius 2 is 1.76 bits per heavy atom. The molecule has 0 saturated heterocycles. The van der Waals surface area contributed by atoms with Crippen LogP contribution in [-0.2, 0) is 29.1 Å². The highest BCUT2D eigenvalue weighted by Gasteiger charge is 2.19. The third kappa shape index (κ3) is 7.50. The topological polar surface area (TPSA) is 116 Å². The number of aromatic nitrogens is 3. The lowest BCUT2D eigenvalue weighted by atomic mass is 10.1. The molecule has 0 aliphatic rings. The van der Waals surface area contributed by atoms with Gasteiger partial charge in [0.05, 0.1) is 34.9 Å². The number of ether oxygens (including phenoxy) is 2. The smallest absolute Gasteiger partial charge is 0.335 e. The van der Waals surface area contributed by atoms with Crippen LogP contribution in [0.1, 0.15) is 39.8 Å². The number of imidazole rings is 1. The van der Waals surface area contributed by atoms with Crippen LogP contribution in [-0.4, -0.2) is 51.3 Å². The van der Waals surface area contributed by atoms with E-state index in [2.05, 4.69) is 15.3 Å². The van der Waals surface area contributed by atoms with E-state index in [4.69, 9.17) is 9.47 Å². The summed E-state index contributed by atoms with van der Waals surface area (Å²) >= 11 is 0. The van der Waals surface area contributed by atoms with Crippen LogP contribution in [0, 0.1) is 18.6 Å². The molecule has 0 fully saturated rings. The number of carboxylic acids is 1. The Bertz CT molecular complexity index is 1870. The number of aromatic carboxylic acids is 1. The summed E-state index contributed by atoms with van der Waals surface area (Å²) < 4.78 is 42.9. The van der Waals surface area contributed by atoms with Crippen molar-refractivity contribution in [2.24, 2.45) is 0 Å². The summed E-state index contributed by atoms with van der Waals surface area (Å²) in [4.78, 5) is 32.3. The summed E-state index contributed by atoms with van der Waals surface area (Å²) in [5, 5.41) is 12.3. The lowest BCUT2D eigenvalue weighted by molar-refractivity contribution is -0.119. The van der Waals surface area contributed by atoms with E-state index in [1.165, 1.54) is 38.3 Å². The molecule has 0 aliphatic heterocycles. The van der Waals surface area contributed by atoms with Gasteiger partial charge >= 0.3 is 5.97 Å². The second kappa shape index (κ2) is 13.6. The van der Waals surface area contributed by atoms with Crippen molar-refractivity contribution in [3.8, 4) is 17.1 Å². The number of amides is 1. The Labute approximate surface area is 258 Å². The minimum absolute atomic E-state index is 0.000429. The van der Waals surface area contributed by atoms with E-state index in [0.717, 1.165) is 5.56 Å². The normalized spacial score (nSPS) is 11.8. The fraction of sp³-hybridized carbons (Fsp3) is 0.235. The second-order valence-corrected chi connectivity index (χ2v) is 10.7. The number of carbonyl (C=O) groups is 2. The molecule has 0 bridgehead atoms. The maximum Gasteiger partial charge on any atom is 0.335 e. The largest absolute Gasteiger partial charge is 0.478 e. The number of nitrogens with one attached hydrogen (secondary N) is 1. The van der Waals surface area contributed by atoms with E-state index in [-0.39, 0.29) is 49.3 Å². The minimum atomic E-state index is -1.08. The van der Waals surface area contributed by atoms with Crippen molar-refractivity contribution < 1.29 is 33.0 Å². The Balaban J connectivity index is 1.40. The first-order chi connectivity index (χ1) is 21.6. The Hall–Kier alpha value is -5.16. The monoisotopic (exact) mass is 614 g/mol. The number of fused-ring (bicyclic) bond motifs is 1. The standard InChI is InChI=1S/C34H32F2N4O5/c1-20-7-8-25(27(35)13-20)19-45-33-6-4-5-29(39-33)23-10-9-22(28(36)14-23)16-32-38-30-12-11-24(34(42)43)15-31(30)40(32)18-26(44-3)17-37-21(2)41/h4-15,26H,16-19H2,1-3H3,(H,37,41)(H,42,43)/t26-/m1/s1. The molecule has 5 rings (SSSR count). The molecule has 2 heterocycles. The Morgan fingerprint density at radius 3 is 2.47 bits per heavy atom. The molecule has 1 amide bonds. The fourth-order valence-corrected chi connectivity index (χ4v) is 4.93. The highest BCUT2D eigenvalue weighted by Crippen LogP contribution is 2.26. The van der Waals surface area contributed by atoms with Gasteiger partial charge in [0, 0.05) is 44.2 Å². The molecule has 11 heteroatoms. The van der Waals surface area contributed by atoms with Gasteiger partial charge in [0.25, 0.3) is 0 Å². The Kier molecular flexibility index (Phi) is 9.48. The van der Waals surface area contributed by atoms with Gasteiger partial charge in [0.2, 0.25) is 11.8 Å². The van der Waals surface area contributed by atoms with E-state index < -0.39 is 17.9 Å². The van der Waals surface area contributed by atoms with Crippen molar-refractivity contribution in [1.82, 2.24) is 19.9 Å². The highest BCUT2D eigenvalue weighted by molar-refractivity contribution is 5.92. The third-order valence-corrected chi connectivity index (χ3v) is 7.38. The molecular weight excluding hydrogens is 582 g/mol. The Morgan fingerprint density at radius 1 is 0.978 bits per heavy atom. The predicted molar refractivity (Wildman–Crippen MR) is 164 cm³/mol. The number of aryl methyl sites for hydroxylation is 1. The molecule has 45 heavy (non-hydrogen) atoms. The van der Waals surface area contributed by atoms with Crippen molar-refractivity contribution in [3.05, 3.63) is 113 Å². The molecule has 0 aliphatic carbocycles. The number of hydrogen-bond acceptors (Lipinski definition) is 6. The van der Waals surface area contributed by atoms with Crippen LogP contribution in [0.3, 0.4) is 0 Å². The van der Waals surface area contributed by atoms with E-state index in [0.29, 0.717) is 39.2 Å². The van der Waals surface area contributed by atoms with Crippen LogP contribution in [0.5, 0.6) is 5.88 Å². The van der Waals surface area contributed by atoms with E-state index in [1.54, 1.807) is 53.1 Å². The lowest BCUT2D eigenvalue weighted by Gasteiger charge is -2.19. The van der Waals surface area contributed by atoms with Crippen LogP contribution in [0.2, 0.25) is 0 Å². The van der Waals surface area contributed by atoms with Gasteiger partial charge in [-0.05, 0) is 54.4 Å². The molecule has 2 N–H and O–H groups in total. The number of carbonyl (C=O) groups excluding carboxylic acids is 1. The number of nitrogens with zero attached hydrogens (tertiary/aromatic N) is 3. The highest BCUT2D eigenvalue weighted by atomic mass is 19.1. The third-order valence-electron chi connectivity index (χ3n) is 7.38. The zero-order chi connectivity index (χ0) is 32.1. The van der Waals surface area contributed by atoms with E-state index >= 15 is 4.39 Å². The first-order valence-electron chi connectivity index (χ1n) is 14.2. The average molecular weight is 615 g/mol. The summed E-state index contributed by atoms with van der Waals surface area (Å²) in [5.41, 5.74) is 3.78. The van der Waals surface area contributed by atoms with Gasteiger partial charge in [0.1, 0.15) is 24.1 Å². The van der Waals surface area contributed by atoms with Crippen LogP contribution in [0.4, 0.5) is 8.78 Å². The molecule has 0 unspecified atom stereocenters. The van der Waals surface area contributed by atoms with Crippen molar-refractivity contribution in [2.75, 3.05) is 13.7 Å². The summed E-state index contributed by atoms with van der Waals surface area (Å²) in [7, 11) is 1.52. The molecule has 3 aromatic carbocycles. The number of carboxylic acid groups (broad SMARTS) is 1. The summed E-state index contributed by atoms with van der Waals surface area (Å²) in [5.74, 6) is -1.35. The number of benzene rings is 3. The number of halogens is 2. The molecular formula is C34H32F2N4O5. The zero-order valence-electron chi connectivity index (χ0n) is 25.0. The number of hydrogen-bond donors (Lipinski definition) is 2. The molecule has 9 nitrogen and oxygen atoms in total. The van der Waals surface area contributed by atoms with Crippen LogP contribution >= 0.6 is 0 Å². The van der Waals surface area contributed by atoms with Crippen molar-refractivity contribution in [3.63, 3.8) is 0 Å². The molecule has 0 saturated carbocycles. The number of rotatable bonds is 12. The van der Waals surface area contributed by atoms with E-state index in [9.17, 15) is 19.1 Å². The molecule has 0 spiro atoms.